The largest absolute Gasteiger partial charge is 0.480 e. The molecule has 1 aromatic heterocycles. The molecule has 0 fully saturated rings. The summed E-state index contributed by atoms with van der Waals surface area (Å²) in [6.45, 7) is -0.434. The number of rotatable bonds is 3. The molecule has 0 saturated heterocycles. The summed E-state index contributed by atoms with van der Waals surface area (Å²) in [7, 11) is 0. The zero-order valence-electron chi connectivity index (χ0n) is 7.53. The first-order valence-electron chi connectivity index (χ1n) is 3.97. The van der Waals surface area contributed by atoms with Crippen LogP contribution in [0.1, 0.15) is 0 Å². The summed E-state index contributed by atoms with van der Waals surface area (Å²) < 4.78 is 0.621. The number of carbonyl (C=O) groups excluding carboxylic acids is 1. The number of nitrogens with zero attached hydrogens (tertiary/aromatic N) is 1. The average molecular weight is 274 g/mol. The number of aromatic nitrogens is 1. The van der Waals surface area contributed by atoms with Crippen LogP contribution in [-0.4, -0.2) is 28.6 Å². The Morgan fingerprint density at radius 3 is 2.87 bits per heavy atom. The fourth-order valence-electron chi connectivity index (χ4n) is 0.785. The van der Waals surface area contributed by atoms with Crippen LogP contribution in [-0.2, 0) is 4.79 Å². The van der Waals surface area contributed by atoms with Crippen molar-refractivity contribution >= 4 is 33.7 Å². The van der Waals surface area contributed by atoms with Gasteiger partial charge in [0.15, 0.2) is 0 Å². The minimum atomic E-state index is -1.11. The van der Waals surface area contributed by atoms with E-state index in [0.717, 1.165) is 0 Å². The third-order valence-corrected chi connectivity index (χ3v) is 2.03. The lowest BCUT2D eigenvalue weighted by molar-refractivity contribution is -0.135. The van der Waals surface area contributed by atoms with Crippen molar-refractivity contribution in [3.8, 4) is 0 Å². The van der Waals surface area contributed by atoms with Crippen molar-refractivity contribution in [1.82, 2.24) is 10.3 Å². The number of carboxylic acid groups (broad SMARTS) is 1. The summed E-state index contributed by atoms with van der Waals surface area (Å²) in [4.78, 5) is 25.2. The van der Waals surface area contributed by atoms with Gasteiger partial charge in [-0.3, -0.25) is 10.1 Å². The van der Waals surface area contributed by atoms with Crippen LogP contribution in [0.4, 0.5) is 10.6 Å². The summed E-state index contributed by atoms with van der Waals surface area (Å²) in [5, 5.41) is 12.9. The van der Waals surface area contributed by atoms with Crippen molar-refractivity contribution in [3.05, 3.63) is 22.8 Å². The second-order valence-electron chi connectivity index (χ2n) is 2.54. The number of aliphatic carboxylic acids is 1. The van der Waals surface area contributed by atoms with Gasteiger partial charge < -0.3 is 10.4 Å². The normalized spacial score (nSPS) is 9.40. The predicted octanol–water partition coefficient (Wildman–Crippen LogP) is 1.05. The van der Waals surface area contributed by atoms with Crippen molar-refractivity contribution in [2.24, 2.45) is 0 Å². The Morgan fingerprint density at radius 2 is 2.27 bits per heavy atom. The second-order valence-corrected chi connectivity index (χ2v) is 3.39. The number of anilines is 1. The number of carboxylic acids is 1. The lowest BCUT2D eigenvalue weighted by atomic mass is 10.5. The van der Waals surface area contributed by atoms with E-state index in [-0.39, 0.29) is 0 Å². The maximum absolute atomic E-state index is 11.1. The zero-order chi connectivity index (χ0) is 11.3. The van der Waals surface area contributed by atoms with Crippen molar-refractivity contribution in [2.45, 2.75) is 0 Å². The lowest BCUT2D eigenvalue weighted by Crippen LogP contribution is -2.33. The van der Waals surface area contributed by atoms with E-state index in [4.69, 9.17) is 5.11 Å². The summed E-state index contributed by atoms with van der Waals surface area (Å²) in [5.74, 6) is -0.773. The predicted molar refractivity (Wildman–Crippen MR) is 56.6 cm³/mol. The van der Waals surface area contributed by atoms with E-state index in [1.807, 2.05) is 0 Å². The van der Waals surface area contributed by atoms with E-state index in [9.17, 15) is 9.59 Å². The summed E-state index contributed by atoms with van der Waals surface area (Å²) >= 11 is 3.18. The average Bonchev–Trinajstić information content (AvgIpc) is 2.18. The molecule has 80 valence electrons. The van der Waals surface area contributed by atoms with Gasteiger partial charge in [0.25, 0.3) is 0 Å². The van der Waals surface area contributed by atoms with Crippen LogP contribution in [0.2, 0.25) is 0 Å². The molecule has 0 bridgehead atoms. The molecule has 1 aromatic rings. The first-order chi connectivity index (χ1) is 7.09. The Labute approximate surface area is 93.8 Å². The number of nitrogens with one attached hydrogen (secondary N) is 2. The van der Waals surface area contributed by atoms with Gasteiger partial charge in [-0.15, -0.1) is 0 Å². The van der Waals surface area contributed by atoms with Gasteiger partial charge in [0.2, 0.25) is 0 Å². The van der Waals surface area contributed by atoms with Gasteiger partial charge in [0.1, 0.15) is 12.4 Å². The maximum atomic E-state index is 11.1. The van der Waals surface area contributed by atoms with Crippen LogP contribution < -0.4 is 10.6 Å². The molecule has 0 aliphatic rings. The SMILES string of the molecule is O=C(O)CNC(=O)Nc1ncccc1Br. The molecule has 15 heavy (non-hydrogen) atoms. The van der Waals surface area contributed by atoms with E-state index in [1.54, 1.807) is 12.1 Å². The molecule has 0 aromatic carbocycles. The molecule has 0 unspecified atom stereocenters. The number of amides is 2. The number of hydrogen-bond donors (Lipinski definition) is 3. The van der Waals surface area contributed by atoms with E-state index < -0.39 is 18.5 Å². The highest BCUT2D eigenvalue weighted by Gasteiger charge is 2.06. The fourth-order valence-corrected chi connectivity index (χ4v) is 1.14. The minimum Gasteiger partial charge on any atom is -0.480 e. The summed E-state index contributed by atoms with van der Waals surface area (Å²) in [6.07, 6.45) is 1.51. The maximum Gasteiger partial charge on any atom is 0.323 e. The number of hydrogen-bond acceptors (Lipinski definition) is 3. The van der Waals surface area contributed by atoms with Crippen molar-refractivity contribution in [1.29, 1.82) is 0 Å². The molecule has 6 nitrogen and oxygen atoms in total. The topological polar surface area (TPSA) is 91.3 Å². The quantitative estimate of drug-likeness (QED) is 0.768. The summed E-state index contributed by atoms with van der Waals surface area (Å²) in [5.41, 5.74) is 0. The van der Waals surface area contributed by atoms with Gasteiger partial charge in [-0.25, -0.2) is 9.78 Å². The molecule has 1 rings (SSSR count). The molecule has 0 aliphatic carbocycles. The van der Waals surface area contributed by atoms with Crippen molar-refractivity contribution in [3.63, 3.8) is 0 Å². The molecule has 0 saturated carbocycles. The van der Waals surface area contributed by atoms with Gasteiger partial charge in [-0.1, -0.05) is 0 Å². The van der Waals surface area contributed by atoms with Gasteiger partial charge in [-0.2, -0.15) is 0 Å². The molecule has 7 heteroatoms. The standard InChI is InChI=1S/C8H8BrN3O3/c9-5-2-1-3-10-7(5)12-8(15)11-4-6(13)14/h1-3H,4H2,(H,13,14)(H2,10,11,12,15). The van der Waals surface area contributed by atoms with Crippen LogP contribution in [0.3, 0.4) is 0 Å². The number of pyridine rings is 1. The number of urea groups is 1. The second kappa shape index (κ2) is 5.30. The lowest BCUT2D eigenvalue weighted by Gasteiger charge is -2.05. The van der Waals surface area contributed by atoms with Crippen molar-refractivity contribution < 1.29 is 14.7 Å². The molecular weight excluding hydrogens is 266 g/mol. The summed E-state index contributed by atoms with van der Waals surface area (Å²) in [6, 6.07) is 2.79. The number of halogens is 1. The minimum absolute atomic E-state index is 0.334. The van der Waals surface area contributed by atoms with E-state index in [0.29, 0.717) is 10.3 Å². The number of carbonyl (C=O) groups is 2. The molecule has 3 N–H and O–H groups in total. The zero-order valence-corrected chi connectivity index (χ0v) is 9.11. The Morgan fingerprint density at radius 1 is 1.53 bits per heavy atom. The third-order valence-electron chi connectivity index (χ3n) is 1.39. The van der Waals surface area contributed by atoms with Crippen LogP contribution >= 0.6 is 15.9 Å². The Balaban J connectivity index is 2.52. The first-order valence-corrected chi connectivity index (χ1v) is 4.76. The highest BCUT2D eigenvalue weighted by atomic mass is 79.9. The molecular formula is C8H8BrN3O3. The highest BCUT2D eigenvalue weighted by molar-refractivity contribution is 9.10. The molecule has 0 aliphatic heterocycles. The van der Waals surface area contributed by atoms with Crippen LogP contribution in [0.5, 0.6) is 0 Å². The first kappa shape index (κ1) is 11.4. The van der Waals surface area contributed by atoms with E-state index in [1.165, 1.54) is 6.20 Å². The monoisotopic (exact) mass is 273 g/mol. The van der Waals surface area contributed by atoms with Gasteiger partial charge in [-0.05, 0) is 28.1 Å². The van der Waals surface area contributed by atoms with Gasteiger partial charge in [0.05, 0.1) is 4.47 Å². The van der Waals surface area contributed by atoms with Gasteiger partial charge >= 0.3 is 12.0 Å². The molecule has 1 heterocycles. The molecule has 0 spiro atoms. The highest BCUT2D eigenvalue weighted by Crippen LogP contribution is 2.17. The van der Waals surface area contributed by atoms with Crippen LogP contribution in [0.15, 0.2) is 22.8 Å². The van der Waals surface area contributed by atoms with E-state index >= 15 is 0 Å². The molecule has 2 amide bonds. The van der Waals surface area contributed by atoms with Crippen molar-refractivity contribution in [2.75, 3.05) is 11.9 Å². The Kier molecular flexibility index (Phi) is 4.04. The van der Waals surface area contributed by atoms with Crippen LogP contribution in [0.25, 0.3) is 0 Å². The Bertz CT molecular complexity index is 383. The Hall–Kier alpha value is -1.63. The molecule has 0 atom stereocenters. The van der Waals surface area contributed by atoms with E-state index in [2.05, 4.69) is 31.5 Å². The third kappa shape index (κ3) is 3.94. The van der Waals surface area contributed by atoms with Crippen LogP contribution in [0, 0.1) is 0 Å². The molecule has 0 radical (unpaired) electrons. The van der Waals surface area contributed by atoms with Gasteiger partial charge in [0, 0.05) is 6.20 Å². The fraction of sp³-hybridized carbons (Fsp3) is 0.125. The smallest absolute Gasteiger partial charge is 0.323 e.